The van der Waals surface area contributed by atoms with Gasteiger partial charge in [-0.05, 0) is 24.3 Å². The molecule has 0 atom stereocenters. The Kier molecular flexibility index (Phi) is 3.19. The maximum Gasteiger partial charge on any atom is 0.185 e. The van der Waals surface area contributed by atoms with Crippen LogP contribution < -0.4 is 0 Å². The average Bonchev–Trinajstić information content (AvgIpc) is 2.81. The SMILES string of the molecule is N#Cc1c(-c2ccc(C=O)o2)ccc(Cl)c1Cl. The van der Waals surface area contributed by atoms with Gasteiger partial charge in [0.25, 0.3) is 0 Å². The molecule has 17 heavy (non-hydrogen) atoms. The fraction of sp³-hybridized carbons (Fsp3) is 0. The topological polar surface area (TPSA) is 54.0 Å². The number of benzene rings is 1. The second kappa shape index (κ2) is 4.62. The summed E-state index contributed by atoms with van der Waals surface area (Å²) >= 11 is 11.7. The van der Waals surface area contributed by atoms with Crippen LogP contribution >= 0.6 is 23.2 Å². The lowest BCUT2D eigenvalue weighted by Gasteiger charge is -2.03. The van der Waals surface area contributed by atoms with Crippen molar-refractivity contribution in [2.24, 2.45) is 0 Å². The van der Waals surface area contributed by atoms with Gasteiger partial charge in [-0.2, -0.15) is 5.26 Å². The maximum atomic E-state index is 10.5. The Morgan fingerprint density at radius 2 is 2.00 bits per heavy atom. The first-order valence-electron chi connectivity index (χ1n) is 4.61. The number of halogens is 2. The van der Waals surface area contributed by atoms with Crippen molar-refractivity contribution in [2.45, 2.75) is 0 Å². The standard InChI is InChI=1S/C12H5Cl2NO2/c13-10-3-2-8(9(5-15)12(10)14)11-4-1-7(6-16)17-11/h1-4,6H. The Hall–Kier alpha value is -1.76. The number of hydrogen-bond acceptors (Lipinski definition) is 3. The minimum atomic E-state index is 0.177. The number of carbonyl (C=O) groups excluding carboxylic acids is 1. The van der Waals surface area contributed by atoms with E-state index < -0.39 is 0 Å². The molecule has 0 amide bonds. The Bertz CT molecular complexity index is 626. The smallest absolute Gasteiger partial charge is 0.185 e. The second-order valence-electron chi connectivity index (χ2n) is 3.22. The Morgan fingerprint density at radius 1 is 1.24 bits per heavy atom. The number of carbonyl (C=O) groups is 1. The van der Waals surface area contributed by atoms with Crippen molar-refractivity contribution in [3.8, 4) is 17.4 Å². The molecule has 1 aromatic heterocycles. The van der Waals surface area contributed by atoms with Crippen molar-refractivity contribution < 1.29 is 9.21 Å². The molecular weight excluding hydrogens is 261 g/mol. The van der Waals surface area contributed by atoms with Crippen LogP contribution in [-0.2, 0) is 0 Å². The molecule has 0 bridgehead atoms. The zero-order chi connectivity index (χ0) is 12.4. The van der Waals surface area contributed by atoms with E-state index in [1.54, 1.807) is 18.2 Å². The zero-order valence-electron chi connectivity index (χ0n) is 8.41. The highest BCUT2D eigenvalue weighted by molar-refractivity contribution is 6.43. The van der Waals surface area contributed by atoms with E-state index in [9.17, 15) is 4.79 Å². The van der Waals surface area contributed by atoms with Crippen LogP contribution in [0.2, 0.25) is 10.0 Å². The summed E-state index contributed by atoms with van der Waals surface area (Å²) in [5.41, 5.74) is 0.737. The van der Waals surface area contributed by atoms with Crippen LogP contribution in [0, 0.1) is 11.3 Å². The highest BCUT2D eigenvalue weighted by Crippen LogP contribution is 2.34. The summed E-state index contributed by atoms with van der Waals surface area (Å²) in [5.74, 6) is 0.595. The van der Waals surface area contributed by atoms with Crippen molar-refractivity contribution >= 4 is 29.5 Å². The maximum absolute atomic E-state index is 10.5. The third-order valence-electron chi connectivity index (χ3n) is 2.22. The van der Waals surface area contributed by atoms with Crippen LogP contribution in [0.25, 0.3) is 11.3 Å². The molecule has 0 unspecified atom stereocenters. The van der Waals surface area contributed by atoms with Crippen molar-refractivity contribution in [1.82, 2.24) is 0 Å². The minimum Gasteiger partial charge on any atom is -0.453 e. The van der Waals surface area contributed by atoms with Gasteiger partial charge in [-0.3, -0.25) is 4.79 Å². The van der Waals surface area contributed by atoms with E-state index in [0.29, 0.717) is 22.6 Å². The van der Waals surface area contributed by atoms with Gasteiger partial charge in [0.15, 0.2) is 12.0 Å². The molecule has 2 rings (SSSR count). The van der Waals surface area contributed by atoms with Gasteiger partial charge in [-0.1, -0.05) is 23.2 Å². The van der Waals surface area contributed by atoms with Crippen LogP contribution in [0.1, 0.15) is 16.1 Å². The van der Waals surface area contributed by atoms with Gasteiger partial charge in [-0.25, -0.2) is 0 Å². The lowest BCUT2D eigenvalue weighted by Crippen LogP contribution is -1.85. The summed E-state index contributed by atoms with van der Waals surface area (Å²) in [5, 5.41) is 9.52. The van der Waals surface area contributed by atoms with E-state index in [2.05, 4.69) is 0 Å². The van der Waals surface area contributed by atoms with Crippen LogP contribution in [0.5, 0.6) is 0 Å². The van der Waals surface area contributed by atoms with Crippen molar-refractivity contribution in [3.05, 3.63) is 45.6 Å². The molecule has 0 radical (unpaired) electrons. The average molecular weight is 266 g/mol. The van der Waals surface area contributed by atoms with E-state index in [4.69, 9.17) is 32.9 Å². The predicted molar refractivity (Wildman–Crippen MR) is 64.3 cm³/mol. The van der Waals surface area contributed by atoms with Crippen LogP contribution in [0.4, 0.5) is 0 Å². The molecule has 0 aliphatic heterocycles. The molecule has 0 fully saturated rings. The molecule has 0 N–H and O–H groups in total. The first-order chi connectivity index (χ1) is 8.17. The van der Waals surface area contributed by atoms with Crippen LogP contribution in [-0.4, -0.2) is 6.29 Å². The third-order valence-corrected chi connectivity index (χ3v) is 3.02. The number of nitriles is 1. The number of nitrogens with zero attached hydrogens (tertiary/aromatic N) is 1. The fourth-order valence-corrected chi connectivity index (χ4v) is 1.79. The van der Waals surface area contributed by atoms with E-state index in [1.165, 1.54) is 6.07 Å². The number of aldehydes is 1. The number of rotatable bonds is 2. The van der Waals surface area contributed by atoms with E-state index in [-0.39, 0.29) is 16.3 Å². The Balaban J connectivity index is 2.64. The molecule has 1 aromatic carbocycles. The summed E-state index contributed by atoms with van der Waals surface area (Å²) < 4.78 is 5.24. The van der Waals surface area contributed by atoms with E-state index in [0.717, 1.165) is 0 Å². The summed E-state index contributed by atoms with van der Waals surface area (Å²) in [6, 6.07) is 8.28. The van der Waals surface area contributed by atoms with Crippen LogP contribution in [0.15, 0.2) is 28.7 Å². The van der Waals surface area contributed by atoms with Gasteiger partial charge in [0.2, 0.25) is 0 Å². The molecule has 3 nitrogen and oxygen atoms in total. The summed E-state index contributed by atoms with van der Waals surface area (Å²) in [6.07, 6.45) is 0.590. The second-order valence-corrected chi connectivity index (χ2v) is 4.00. The predicted octanol–water partition coefficient (Wildman–Crippen LogP) is 3.94. The summed E-state index contributed by atoms with van der Waals surface area (Å²) in [4.78, 5) is 10.5. The molecule has 84 valence electrons. The Labute approximate surface area is 107 Å². The zero-order valence-corrected chi connectivity index (χ0v) is 9.92. The first kappa shape index (κ1) is 11.7. The molecule has 1 heterocycles. The monoisotopic (exact) mass is 265 g/mol. The van der Waals surface area contributed by atoms with Gasteiger partial charge in [0.1, 0.15) is 11.8 Å². The van der Waals surface area contributed by atoms with Gasteiger partial charge in [0, 0.05) is 5.56 Å². The van der Waals surface area contributed by atoms with Gasteiger partial charge in [0.05, 0.1) is 15.6 Å². The highest BCUT2D eigenvalue weighted by atomic mass is 35.5. The number of hydrogen-bond donors (Lipinski definition) is 0. The van der Waals surface area contributed by atoms with Gasteiger partial charge in [-0.15, -0.1) is 0 Å². The molecule has 0 saturated heterocycles. The Morgan fingerprint density at radius 3 is 2.59 bits per heavy atom. The van der Waals surface area contributed by atoms with E-state index >= 15 is 0 Å². The van der Waals surface area contributed by atoms with E-state index in [1.807, 2.05) is 6.07 Å². The molecule has 0 spiro atoms. The van der Waals surface area contributed by atoms with Crippen molar-refractivity contribution in [1.29, 1.82) is 5.26 Å². The third kappa shape index (κ3) is 2.05. The number of furan rings is 1. The molecule has 0 aliphatic carbocycles. The fourth-order valence-electron chi connectivity index (χ4n) is 1.43. The van der Waals surface area contributed by atoms with Gasteiger partial charge < -0.3 is 4.42 Å². The normalized spacial score (nSPS) is 9.94. The minimum absolute atomic E-state index is 0.177. The van der Waals surface area contributed by atoms with Crippen molar-refractivity contribution in [2.75, 3.05) is 0 Å². The molecule has 5 heteroatoms. The highest BCUT2D eigenvalue weighted by Gasteiger charge is 2.14. The lowest BCUT2D eigenvalue weighted by molar-refractivity contribution is 0.110. The molecule has 0 saturated carbocycles. The molecule has 2 aromatic rings. The summed E-state index contributed by atoms with van der Waals surface area (Å²) in [7, 11) is 0. The molecular formula is C12H5Cl2NO2. The van der Waals surface area contributed by atoms with Crippen LogP contribution in [0.3, 0.4) is 0 Å². The largest absolute Gasteiger partial charge is 0.453 e. The van der Waals surface area contributed by atoms with Gasteiger partial charge >= 0.3 is 0 Å². The lowest BCUT2D eigenvalue weighted by atomic mass is 10.1. The molecule has 0 aliphatic rings. The van der Waals surface area contributed by atoms with Crippen molar-refractivity contribution in [3.63, 3.8) is 0 Å². The quantitative estimate of drug-likeness (QED) is 0.773. The first-order valence-corrected chi connectivity index (χ1v) is 5.36. The summed E-state index contributed by atoms with van der Waals surface area (Å²) in [6.45, 7) is 0.